The first-order valence-electron chi connectivity index (χ1n) is 7.89. The van der Waals surface area contributed by atoms with Gasteiger partial charge < -0.3 is 14.2 Å². The Morgan fingerprint density at radius 3 is 2.36 bits per heavy atom. The van der Waals surface area contributed by atoms with Crippen molar-refractivity contribution in [1.82, 2.24) is 4.72 Å². The highest BCUT2D eigenvalue weighted by Crippen LogP contribution is 2.25. The van der Waals surface area contributed by atoms with Gasteiger partial charge in [-0.2, -0.15) is 0 Å². The summed E-state index contributed by atoms with van der Waals surface area (Å²) in [4.78, 5) is 24.5. The van der Waals surface area contributed by atoms with Gasteiger partial charge in [-0.1, -0.05) is 11.6 Å². The van der Waals surface area contributed by atoms with E-state index in [1.165, 1.54) is 45.5 Å². The first-order chi connectivity index (χ1) is 13.2. The molecule has 0 aromatic heterocycles. The Labute approximate surface area is 167 Å². The molecule has 0 saturated heterocycles. The number of carbonyl (C=O) groups is 2. The van der Waals surface area contributed by atoms with Gasteiger partial charge in [0.1, 0.15) is 11.5 Å². The van der Waals surface area contributed by atoms with Crippen molar-refractivity contribution in [3.8, 4) is 11.5 Å². The van der Waals surface area contributed by atoms with E-state index in [-0.39, 0.29) is 26.8 Å². The third-order valence-corrected chi connectivity index (χ3v) is 5.52. The predicted molar refractivity (Wildman–Crippen MR) is 102 cm³/mol. The Bertz CT molecular complexity index is 1000. The fraction of sp³-hybridized carbons (Fsp3) is 0.222. The molecule has 2 aromatic carbocycles. The second kappa shape index (κ2) is 9.05. The van der Waals surface area contributed by atoms with Crippen molar-refractivity contribution in [2.24, 2.45) is 0 Å². The number of esters is 1. The number of carbonyl (C=O) groups excluding carboxylic acids is 2. The smallest absolute Gasteiger partial charge is 0.340 e. The topological polar surface area (TPSA) is 108 Å². The number of sulfonamides is 1. The summed E-state index contributed by atoms with van der Waals surface area (Å²) in [5, 5.41) is -0.00506. The lowest BCUT2D eigenvalue weighted by Crippen LogP contribution is -2.20. The van der Waals surface area contributed by atoms with Crippen LogP contribution in [0.15, 0.2) is 41.3 Å². The van der Waals surface area contributed by atoms with Crippen LogP contribution in [0.2, 0.25) is 5.02 Å². The highest BCUT2D eigenvalue weighted by molar-refractivity contribution is 7.89. The van der Waals surface area contributed by atoms with Crippen LogP contribution in [0, 0.1) is 0 Å². The van der Waals surface area contributed by atoms with Crippen LogP contribution < -0.4 is 14.2 Å². The molecule has 28 heavy (non-hydrogen) atoms. The molecule has 0 radical (unpaired) electrons. The van der Waals surface area contributed by atoms with Crippen molar-refractivity contribution in [3.05, 3.63) is 52.5 Å². The molecular weight excluding hydrogens is 410 g/mol. The molecule has 0 aliphatic heterocycles. The normalized spacial score (nSPS) is 11.0. The summed E-state index contributed by atoms with van der Waals surface area (Å²) in [6.07, 6.45) is 0. The van der Waals surface area contributed by atoms with E-state index in [0.717, 1.165) is 6.07 Å². The number of rotatable bonds is 8. The van der Waals surface area contributed by atoms with E-state index >= 15 is 0 Å². The third kappa shape index (κ3) is 4.80. The fourth-order valence-electron chi connectivity index (χ4n) is 2.26. The second-order valence-corrected chi connectivity index (χ2v) is 7.71. The van der Waals surface area contributed by atoms with E-state index in [0.29, 0.717) is 5.75 Å². The number of methoxy groups -OCH3 is 2. The molecule has 8 nitrogen and oxygen atoms in total. The van der Waals surface area contributed by atoms with Crippen LogP contribution in [0.25, 0.3) is 0 Å². The molecule has 0 bridgehead atoms. The lowest BCUT2D eigenvalue weighted by atomic mass is 10.1. The average Bonchev–Trinajstić information content (AvgIpc) is 2.71. The van der Waals surface area contributed by atoms with Gasteiger partial charge in [0.05, 0.1) is 35.3 Å². The van der Waals surface area contributed by atoms with Crippen molar-refractivity contribution >= 4 is 33.4 Å². The van der Waals surface area contributed by atoms with Crippen molar-refractivity contribution < 1.29 is 32.2 Å². The first-order valence-corrected chi connectivity index (χ1v) is 9.75. The van der Waals surface area contributed by atoms with Crippen LogP contribution in [0.5, 0.6) is 11.5 Å². The van der Waals surface area contributed by atoms with Crippen molar-refractivity contribution in [2.75, 3.05) is 27.9 Å². The number of benzene rings is 2. The van der Waals surface area contributed by atoms with E-state index in [2.05, 4.69) is 4.72 Å². The van der Waals surface area contributed by atoms with Crippen LogP contribution in [0.4, 0.5) is 0 Å². The average molecular weight is 428 g/mol. The van der Waals surface area contributed by atoms with E-state index < -0.39 is 28.4 Å². The van der Waals surface area contributed by atoms with Gasteiger partial charge in [0.2, 0.25) is 15.8 Å². The Balaban J connectivity index is 2.18. The molecule has 0 amide bonds. The van der Waals surface area contributed by atoms with E-state index in [9.17, 15) is 18.0 Å². The number of Topliss-reactive ketones (excluding diaryl/α,β-unsaturated/α-hetero) is 1. The van der Waals surface area contributed by atoms with E-state index in [1.807, 2.05) is 0 Å². The van der Waals surface area contributed by atoms with Gasteiger partial charge in [-0.3, -0.25) is 4.79 Å². The summed E-state index contributed by atoms with van der Waals surface area (Å²) >= 11 is 5.96. The Morgan fingerprint density at radius 2 is 1.75 bits per heavy atom. The molecule has 0 atom stereocenters. The number of nitrogens with one attached hydrogen (secondary N) is 1. The number of ketones is 1. The minimum atomic E-state index is -3.77. The molecule has 0 spiro atoms. The standard InChI is InChI=1S/C18H18ClNO7S/c1-20-28(23,24)12-5-7-15(19)14(9-12)18(22)27-10-16(21)13-6-4-11(25-2)8-17(13)26-3/h4-9,20H,10H2,1-3H3. The summed E-state index contributed by atoms with van der Waals surface area (Å²) in [7, 11) is 0.337. The van der Waals surface area contributed by atoms with E-state index in [4.69, 9.17) is 25.8 Å². The van der Waals surface area contributed by atoms with Crippen LogP contribution in [0.1, 0.15) is 20.7 Å². The minimum absolute atomic E-state index is 0.00506. The highest BCUT2D eigenvalue weighted by atomic mass is 35.5. The van der Waals surface area contributed by atoms with Crippen LogP contribution >= 0.6 is 11.6 Å². The molecule has 0 heterocycles. The van der Waals surface area contributed by atoms with Gasteiger partial charge in [0, 0.05) is 6.07 Å². The Hall–Kier alpha value is -2.62. The molecule has 0 unspecified atom stereocenters. The summed E-state index contributed by atoms with van der Waals surface area (Å²) in [5.41, 5.74) is 0.0289. The number of halogens is 1. The fourth-order valence-corrected chi connectivity index (χ4v) is 3.21. The van der Waals surface area contributed by atoms with Crippen molar-refractivity contribution in [1.29, 1.82) is 0 Å². The quantitative estimate of drug-likeness (QED) is 0.508. The van der Waals surface area contributed by atoms with Gasteiger partial charge in [0.15, 0.2) is 6.61 Å². The van der Waals surface area contributed by atoms with E-state index in [1.54, 1.807) is 6.07 Å². The molecule has 0 fully saturated rings. The summed E-state index contributed by atoms with van der Waals surface area (Å²) in [6.45, 7) is -0.582. The van der Waals surface area contributed by atoms with Crippen molar-refractivity contribution in [2.45, 2.75) is 4.90 Å². The maximum Gasteiger partial charge on any atom is 0.340 e. The summed E-state index contributed by atoms with van der Waals surface area (Å²) in [6, 6.07) is 8.17. The molecule has 1 N–H and O–H groups in total. The molecule has 0 aliphatic carbocycles. The summed E-state index contributed by atoms with van der Waals surface area (Å²) < 4.78 is 41.1. The van der Waals surface area contributed by atoms with Gasteiger partial charge in [-0.05, 0) is 37.4 Å². The third-order valence-electron chi connectivity index (χ3n) is 3.78. The highest BCUT2D eigenvalue weighted by Gasteiger charge is 2.20. The maximum absolute atomic E-state index is 12.4. The Morgan fingerprint density at radius 1 is 1.04 bits per heavy atom. The number of hydrogen-bond acceptors (Lipinski definition) is 7. The molecule has 10 heteroatoms. The van der Waals surface area contributed by atoms with Gasteiger partial charge in [-0.25, -0.2) is 17.9 Å². The zero-order chi connectivity index (χ0) is 20.9. The first kappa shape index (κ1) is 21.7. The predicted octanol–water partition coefficient (Wildman–Crippen LogP) is 2.31. The zero-order valence-electron chi connectivity index (χ0n) is 15.3. The number of ether oxygens (including phenoxy) is 3. The van der Waals surface area contributed by atoms with Crippen molar-refractivity contribution in [3.63, 3.8) is 0 Å². The second-order valence-electron chi connectivity index (χ2n) is 5.41. The largest absolute Gasteiger partial charge is 0.497 e. The zero-order valence-corrected chi connectivity index (χ0v) is 16.9. The summed E-state index contributed by atoms with van der Waals surface area (Å²) in [5.74, 6) is -0.678. The molecule has 2 aromatic rings. The lowest BCUT2D eigenvalue weighted by Gasteiger charge is -2.11. The Kier molecular flexibility index (Phi) is 7.00. The molecule has 0 saturated carbocycles. The molecule has 150 valence electrons. The van der Waals surface area contributed by atoms with Gasteiger partial charge >= 0.3 is 5.97 Å². The molecular formula is C18H18ClNO7S. The van der Waals surface area contributed by atoms with Crippen LogP contribution in [0.3, 0.4) is 0 Å². The molecule has 2 rings (SSSR count). The van der Waals surface area contributed by atoms with Gasteiger partial charge in [-0.15, -0.1) is 0 Å². The van der Waals surface area contributed by atoms with Crippen LogP contribution in [-0.4, -0.2) is 48.0 Å². The van der Waals surface area contributed by atoms with Crippen LogP contribution in [-0.2, 0) is 14.8 Å². The minimum Gasteiger partial charge on any atom is -0.497 e. The van der Waals surface area contributed by atoms with Gasteiger partial charge in [0.25, 0.3) is 0 Å². The monoisotopic (exact) mass is 427 g/mol. The number of hydrogen-bond donors (Lipinski definition) is 1. The SMILES string of the molecule is CNS(=O)(=O)c1ccc(Cl)c(C(=O)OCC(=O)c2ccc(OC)cc2OC)c1. The maximum atomic E-state index is 12.4. The molecule has 0 aliphatic rings. The lowest BCUT2D eigenvalue weighted by molar-refractivity contribution is 0.0474.